The first kappa shape index (κ1) is 17.4. The molecule has 0 aliphatic heterocycles. The van der Waals surface area contributed by atoms with Crippen LogP contribution < -0.4 is 0 Å². The van der Waals surface area contributed by atoms with Gasteiger partial charge in [0, 0.05) is 5.92 Å². The zero-order chi connectivity index (χ0) is 14.1. The van der Waals surface area contributed by atoms with Crippen LogP contribution >= 0.6 is 0 Å². The average molecular weight is 262 g/mol. The lowest BCUT2D eigenvalue weighted by atomic mass is 9.95. The van der Waals surface area contributed by atoms with Gasteiger partial charge in [-0.2, -0.15) is 0 Å². The number of rotatable bonds is 9. The van der Waals surface area contributed by atoms with Gasteiger partial charge in [0.15, 0.2) is 6.29 Å². The predicted molar refractivity (Wildman–Crippen MR) is 68.8 cm³/mol. The summed E-state index contributed by atoms with van der Waals surface area (Å²) < 4.78 is 10.6. The lowest BCUT2D eigenvalue weighted by Gasteiger charge is -2.27. The molecular formula is C13H26O5. The van der Waals surface area contributed by atoms with Gasteiger partial charge in [-0.1, -0.05) is 13.8 Å². The molecule has 0 rings (SSSR count). The number of allylic oxidation sites excluding steroid dienone is 1. The first-order valence-electron chi connectivity index (χ1n) is 6.39. The van der Waals surface area contributed by atoms with Crippen molar-refractivity contribution in [3.05, 3.63) is 11.8 Å². The number of ether oxygens (including phenoxy) is 2. The average Bonchev–Trinajstić information content (AvgIpc) is 2.39. The van der Waals surface area contributed by atoms with Crippen molar-refractivity contribution in [2.45, 2.75) is 52.6 Å². The maximum atomic E-state index is 10.1. The Labute approximate surface area is 109 Å². The second kappa shape index (κ2) is 9.33. The molecule has 0 saturated carbocycles. The van der Waals surface area contributed by atoms with E-state index in [2.05, 4.69) is 0 Å². The molecule has 0 heterocycles. The molecule has 18 heavy (non-hydrogen) atoms. The van der Waals surface area contributed by atoms with E-state index in [0.29, 0.717) is 12.2 Å². The highest BCUT2D eigenvalue weighted by Gasteiger charge is 2.26. The zero-order valence-electron chi connectivity index (χ0n) is 11.7. The lowest BCUT2D eigenvalue weighted by Crippen LogP contribution is -2.32. The molecule has 0 bridgehead atoms. The van der Waals surface area contributed by atoms with Gasteiger partial charge in [0.05, 0.1) is 19.3 Å². The number of hydrogen-bond donors (Lipinski definition) is 3. The van der Waals surface area contributed by atoms with Crippen LogP contribution in [0.25, 0.3) is 0 Å². The Morgan fingerprint density at radius 3 is 2.33 bits per heavy atom. The van der Waals surface area contributed by atoms with E-state index in [1.165, 1.54) is 0 Å². The van der Waals surface area contributed by atoms with E-state index in [9.17, 15) is 10.2 Å². The Kier molecular flexibility index (Phi) is 9.01. The highest BCUT2D eigenvalue weighted by molar-refractivity contribution is 5.01. The van der Waals surface area contributed by atoms with E-state index in [4.69, 9.17) is 14.6 Å². The van der Waals surface area contributed by atoms with Crippen molar-refractivity contribution in [2.75, 3.05) is 13.2 Å². The summed E-state index contributed by atoms with van der Waals surface area (Å²) in [5.41, 5.74) is 0. The molecule has 0 aliphatic carbocycles. The largest absolute Gasteiger partial charge is 0.467 e. The third-order valence-corrected chi connectivity index (χ3v) is 2.85. The van der Waals surface area contributed by atoms with Gasteiger partial charge in [0.2, 0.25) is 0 Å². The molecule has 0 fully saturated rings. The molecule has 108 valence electrons. The van der Waals surface area contributed by atoms with E-state index in [-0.39, 0.29) is 19.1 Å². The molecule has 5 nitrogen and oxygen atoms in total. The minimum atomic E-state index is -0.870. The van der Waals surface area contributed by atoms with Gasteiger partial charge in [0.25, 0.3) is 0 Å². The van der Waals surface area contributed by atoms with Crippen molar-refractivity contribution in [2.24, 2.45) is 5.92 Å². The summed E-state index contributed by atoms with van der Waals surface area (Å²) in [7, 11) is 0. The minimum absolute atomic E-state index is 0.0770. The van der Waals surface area contributed by atoms with Crippen molar-refractivity contribution in [3.63, 3.8) is 0 Å². The maximum Gasteiger partial charge on any atom is 0.196 e. The molecule has 0 spiro atoms. The van der Waals surface area contributed by atoms with Crippen molar-refractivity contribution in [3.8, 4) is 0 Å². The first-order valence-corrected chi connectivity index (χ1v) is 6.39. The number of aliphatic hydroxyl groups excluding tert-OH is 3. The molecule has 0 aliphatic rings. The van der Waals surface area contributed by atoms with Crippen molar-refractivity contribution in [1.82, 2.24) is 0 Å². The van der Waals surface area contributed by atoms with Crippen molar-refractivity contribution >= 4 is 0 Å². The van der Waals surface area contributed by atoms with E-state index < -0.39 is 18.5 Å². The highest BCUT2D eigenvalue weighted by Crippen LogP contribution is 2.20. The van der Waals surface area contributed by atoms with Gasteiger partial charge >= 0.3 is 0 Å². The van der Waals surface area contributed by atoms with Gasteiger partial charge < -0.3 is 24.8 Å². The van der Waals surface area contributed by atoms with Gasteiger partial charge in [-0.3, -0.25) is 0 Å². The monoisotopic (exact) mass is 262 g/mol. The fourth-order valence-corrected chi connectivity index (χ4v) is 1.59. The molecule has 0 aromatic heterocycles. The van der Waals surface area contributed by atoms with Crippen LogP contribution in [0.5, 0.6) is 0 Å². The highest BCUT2D eigenvalue weighted by atomic mass is 16.7. The normalized spacial score (nSPS) is 19.2. The van der Waals surface area contributed by atoms with Crippen LogP contribution in [0.15, 0.2) is 11.8 Å². The fraction of sp³-hybridized carbons (Fsp3) is 0.846. The molecule has 3 N–H and O–H groups in total. The molecule has 4 atom stereocenters. The third-order valence-electron chi connectivity index (χ3n) is 2.85. The Balaban J connectivity index is 4.40. The second-order valence-electron chi connectivity index (χ2n) is 4.25. The van der Waals surface area contributed by atoms with E-state index >= 15 is 0 Å². The van der Waals surface area contributed by atoms with Crippen LogP contribution in [0.3, 0.4) is 0 Å². The molecule has 0 aromatic carbocycles. The quantitative estimate of drug-likeness (QED) is 0.427. The second-order valence-corrected chi connectivity index (χ2v) is 4.25. The summed E-state index contributed by atoms with van der Waals surface area (Å²) in [5.74, 6) is 0.0617. The van der Waals surface area contributed by atoms with Crippen LogP contribution in [0.1, 0.15) is 34.1 Å². The summed E-state index contributed by atoms with van der Waals surface area (Å²) in [4.78, 5) is 0. The first-order chi connectivity index (χ1) is 8.47. The summed E-state index contributed by atoms with van der Waals surface area (Å²) in [5, 5.41) is 28.4. The van der Waals surface area contributed by atoms with Crippen LogP contribution in [0.2, 0.25) is 0 Å². The van der Waals surface area contributed by atoms with E-state index in [0.717, 1.165) is 0 Å². The molecule has 0 radical (unpaired) electrons. The van der Waals surface area contributed by atoms with Gasteiger partial charge in [-0.15, -0.1) is 0 Å². The summed E-state index contributed by atoms with van der Waals surface area (Å²) in [6.45, 7) is 7.17. The number of hydrogen-bond acceptors (Lipinski definition) is 5. The van der Waals surface area contributed by atoms with Crippen molar-refractivity contribution < 1.29 is 24.8 Å². The van der Waals surface area contributed by atoms with Crippen LogP contribution in [0, 0.1) is 5.92 Å². The summed E-state index contributed by atoms with van der Waals surface area (Å²) in [6, 6.07) is 0. The van der Waals surface area contributed by atoms with Crippen LogP contribution in [-0.4, -0.2) is 47.0 Å². The Morgan fingerprint density at radius 1 is 1.28 bits per heavy atom. The molecule has 2 unspecified atom stereocenters. The number of aliphatic hydroxyl groups is 3. The van der Waals surface area contributed by atoms with Crippen molar-refractivity contribution in [1.29, 1.82) is 0 Å². The molecule has 0 saturated heterocycles. The van der Waals surface area contributed by atoms with E-state index in [1.54, 1.807) is 26.8 Å². The van der Waals surface area contributed by atoms with Gasteiger partial charge in [-0.25, -0.2) is 0 Å². The Bertz CT molecular complexity index is 242. The summed E-state index contributed by atoms with van der Waals surface area (Å²) in [6.07, 6.45) is 0.232. The van der Waals surface area contributed by atoms with Gasteiger partial charge in [0.1, 0.15) is 11.9 Å². The molecular weight excluding hydrogens is 236 g/mol. The Morgan fingerprint density at radius 2 is 1.89 bits per heavy atom. The SMILES string of the molecule is C/C=C(/OC(C)OCCO)[C@H](O)C(C)[C@@H](O)CC. The van der Waals surface area contributed by atoms with Crippen LogP contribution in [0.4, 0.5) is 0 Å². The Hall–Kier alpha value is -0.620. The topological polar surface area (TPSA) is 79.2 Å². The minimum Gasteiger partial charge on any atom is -0.467 e. The zero-order valence-corrected chi connectivity index (χ0v) is 11.7. The van der Waals surface area contributed by atoms with E-state index in [1.807, 2.05) is 6.92 Å². The standard InChI is InChI=1S/C13H26O5/c1-5-11(15)9(3)13(16)12(6-2)18-10(4)17-8-7-14/h6,9-11,13-16H,5,7-8H2,1-4H3/b12-6+/t9?,10?,11-,13+/m0/s1. The smallest absolute Gasteiger partial charge is 0.196 e. The molecule has 0 aromatic rings. The van der Waals surface area contributed by atoms with Crippen LogP contribution in [-0.2, 0) is 9.47 Å². The predicted octanol–water partition coefficient (Wildman–Crippen LogP) is 1.03. The fourth-order valence-electron chi connectivity index (χ4n) is 1.59. The lowest BCUT2D eigenvalue weighted by molar-refractivity contribution is -0.128. The maximum absolute atomic E-state index is 10.1. The third kappa shape index (κ3) is 5.82. The molecule has 0 amide bonds. The van der Waals surface area contributed by atoms with Gasteiger partial charge in [-0.05, 0) is 26.3 Å². The summed E-state index contributed by atoms with van der Waals surface area (Å²) >= 11 is 0. The molecule has 5 heteroatoms.